The van der Waals surface area contributed by atoms with Crippen LogP contribution in [0.4, 0.5) is 5.69 Å². The normalized spacial score (nSPS) is 10.7. The lowest BCUT2D eigenvalue weighted by Crippen LogP contribution is -2.25. The number of hydrogen-bond donors (Lipinski definition) is 2. The molecule has 3 aromatic rings. The molecule has 2 N–H and O–H groups in total. The van der Waals surface area contributed by atoms with Crippen LogP contribution in [0.25, 0.3) is 12.2 Å². The predicted octanol–water partition coefficient (Wildman–Crippen LogP) is 2.61. The van der Waals surface area contributed by atoms with E-state index in [0.717, 1.165) is 5.75 Å². The molecule has 31 heavy (non-hydrogen) atoms. The van der Waals surface area contributed by atoms with Crippen LogP contribution in [-0.2, 0) is 0 Å². The summed E-state index contributed by atoms with van der Waals surface area (Å²) < 4.78 is 16.6. The van der Waals surface area contributed by atoms with E-state index in [0.29, 0.717) is 30.3 Å². The highest BCUT2D eigenvalue weighted by atomic mass is 16.6. The van der Waals surface area contributed by atoms with Gasteiger partial charge in [0.15, 0.2) is 11.5 Å². The van der Waals surface area contributed by atoms with Crippen LogP contribution in [0, 0.1) is 10.1 Å². The van der Waals surface area contributed by atoms with Gasteiger partial charge in [-0.15, -0.1) is 0 Å². The molecule has 0 bridgehead atoms. The third kappa shape index (κ3) is 5.60. The molecule has 0 atom stereocenters. The van der Waals surface area contributed by atoms with E-state index in [2.05, 4.69) is 4.98 Å². The van der Waals surface area contributed by atoms with E-state index in [9.17, 15) is 19.7 Å². The molecule has 10 nitrogen and oxygen atoms in total. The number of benzene rings is 2. The zero-order valence-electron chi connectivity index (χ0n) is 16.5. The average Bonchev–Trinajstić information content (AvgIpc) is 2.75. The number of rotatable bonds is 9. The lowest BCUT2D eigenvalue weighted by Gasteiger charge is -2.12. The molecule has 1 heterocycles. The van der Waals surface area contributed by atoms with Gasteiger partial charge in [-0.1, -0.05) is 30.3 Å². The van der Waals surface area contributed by atoms with Crippen molar-refractivity contribution in [3.63, 3.8) is 0 Å². The monoisotopic (exact) mass is 425 g/mol. The first-order chi connectivity index (χ1) is 15.0. The smallest absolute Gasteiger partial charge is 0.357 e. The number of nitrogens with zero attached hydrogens (tertiary/aromatic N) is 1. The lowest BCUT2D eigenvalue weighted by molar-refractivity contribution is -0.386. The number of nitrogens with one attached hydrogen (secondary N) is 2. The first-order valence-electron chi connectivity index (χ1n) is 9.15. The molecule has 0 aliphatic rings. The Morgan fingerprint density at radius 2 is 1.71 bits per heavy atom. The van der Waals surface area contributed by atoms with E-state index in [1.54, 1.807) is 18.2 Å². The van der Waals surface area contributed by atoms with Gasteiger partial charge in [0.1, 0.15) is 24.7 Å². The fraction of sp³-hybridized carbons (Fsp3) is 0.143. The molecule has 2 aromatic carbocycles. The Hall–Kier alpha value is -4.34. The first-order valence-corrected chi connectivity index (χ1v) is 9.15. The summed E-state index contributed by atoms with van der Waals surface area (Å²) in [5, 5.41) is 11.1. The summed E-state index contributed by atoms with van der Waals surface area (Å²) in [4.78, 5) is 37.4. The van der Waals surface area contributed by atoms with Gasteiger partial charge in [0.05, 0.1) is 12.0 Å². The van der Waals surface area contributed by atoms with Gasteiger partial charge < -0.3 is 19.2 Å². The molecule has 0 radical (unpaired) electrons. The van der Waals surface area contributed by atoms with E-state index in [1.165, 1.54) is 19.3 Å². The number of methoxy groups -OCH3 is 1. The highest BCUT2D eigenvalue weighted by Crippen LogP contribution is 2.29. The van der Waals surface area contributed by atoms with Crippen LogP contribution in [-0.4, -0.2) is 35.2 Å². The highest BCUT2D eigenvalue weighted by molar-refractivity contribution is 5.72. The maximum atomic E-state index is 11.7. The second-order valence-electron chi connectivity index (χ2n) is 6.18. The number of hydrogen-bond acceptors (Lipinski definition) is 7. The first kappa shape index (κ1) is 21.4. The molecule has 10 heteroatoms. The van der Waals surface area contributed by atoms with Gasteiger partial charge in [-0.3, -0.25) is 19.9 Å². The number of para-hydroxylation sites is 1. The Labute approximate surface area is 175 Å². The second kappa shape index (κ2) is 9.92. The van der Waals surface area contributed by atoms with Crippen molar-refractivity contribution in [2.75, 3.05) is 20.3 Å². The lowest BCUT2D eigenvalue weighted by atomic mass is 10.1. The Kier molecular flexibility index (Phi) is 6.84. The Bertz CT molecular complexity index is 1200. The van der Waals surface area contributed by atoms with Crippen molar-refractivity contribution in [1.29, 1.82) is 0 Å². The van der Waals surface area contributed by atoms with Crippen LogP contribution in [0.5, 0.6) is 17.2 Å². The molecule has 0 saturated carbocycles. The van der Waals surface area contributed by atoms with Crippen molar-refractivity contribution in [3.8, 4) is 17.2 Å². The summed E-state index contributed by atoms with van der Waals surface area (Å²) in [5.41, 5.74) is -2.26. The van der Waals surface area contributed by atoms with Gasteiger partial charge in [-0.05, 0) is 35.9 Å². The zero-order chi connectivity index (χ0) is 22.2. The molecule has 0 fully saturated rings. The fourth-order valence-corrected chi connectivity index (χ4v) is 2.71. The standard InChI is InChI=1S/C21H19N3O7/c1-29-18-13-14(7-9-16-19(24(27)28)20(25)23-21(26)22-16)8-10-17(18)31-12-11-30-15-5-3-2-4-6-15/h2-10,13H,11-12H2,1H3,(H2,22,23,25,26). The van der Waals surface area contributed by atoms with Crippen molar-refractivity contribution in [2.24, 2.45) is 0 Å². The maximum absolute atomic E-state index is 11.7. The molecule has 0 saturated heterocycles. The number of ether oxygens (including phenoxy) is 3. The van der Waals surface area contributed by atoms with E-state index < -0.39 is 21.9 Å². The molecule has 1 aromatic heterocycles. The number of H-pyrrole nitrogens is 2. The van der Waals surface area contributed by atoms with Crippen molar-refractivity contribution in [2.45, 2.75) is 0 Å². The molecule has 0 unspecified atom stereocenters. The average molecular weight is 425 g/mol. The van der Waals surface area contributed by atoms with Crippen molar-refractivity contribution < 1.29 is 19.1 Å². The van der Waals surface area contributed by atoms with Crippen LogP contribution in [0.1, 0.15) is 11.3 Å². The van der Waals surface area contributed by atoms with Gasteiger partial charge >= 0.3 is 16.9 Å². The topological polar surface area (TPSA) is 137 Å². The largest absolute Gasteiger partial charge is 0.493 e. The van der Waals surface area contributed by atoms with Crippen LogP contribution in [0.15, 0.2) is 58.1 Å². The Balaban J connectivity index is 1.71. The predicted molar refractivity (Wildman–Crippen MR) is 114 cm³/mol. The minimum atomic E-state index is -1.08. The van der Waals surface area contributed by atoms with Gasteiger partial charge in [-0.2, -0.15) is 0 Å². The zero-order valence-corrected chi connectivity index (χ0v) is 16.5. The van der Waals surface area contributed by atoms with Crippen molar-refractivity contribution in [1.82, 2.24) is 9.97 Å². The van der Waals surface area contributed by atoms with E-state index in [4.69, 9.17) is 14.2 Å². The molecular weight excluding hydrogens is 406 g/mol. The van der Waals surface area contributed by atoms with Crippen LogP contribution >= 0.6 is 0 Å². The maximum Gasteiger partial charge on any atom is 0.357 e. The third-order valence-electron chi connectivity index (χ3n) is 4.11. The highest BCUT2D eigenvalue weighted by Gasteiger charge is 2.18. The minimum Gasteiger partial charge on any atom is -0.493 e. The van der Waals surface area contributed by atoms with Crippen LogP contribution in [0.3, 0.4) is 0 Å². The molecule has 3 rings (SSSR count). The third-order valence-corrected chi connectivity index (χ3v) is 4.11. The van der Waals surface area contributed by atoms with E-state index in [-0.39, 0.29) is 5.69 Å². The molecular formula is C21H19N3O7. The summed E-state index contributed by atoms with van der Waals surface area (Å²) in [6, 6.07) is 14.4. The van der Waals surface area contributed by atoms with Crippen molar-refractivity contribution >= 4 is 17.8 Å². The van der Waals surface area contributed by atoms with E-state index >= 15 is 0 Å². The SMILES string of the molecule is COc1cc(C=Cc2[nH]c(=O)[nH]c(=O)c2[N+](=O)[O-])ccc1OCCOc1ccccc1. The summed E-state index contributed by atoms with van der Waals surface area (Å²) in [6.45, 7) is 0.634. The fourth-order valence-electron chi connectivity index (χ4n) is 2.71. The molecule has 0 amide bonds. The molecule has 160 valence electrons. The van der Waals surface area contributed by atoms with Gasteiger partial charge in [0, 0.05) is 0 Å². The molecule has 0 aliphatic heterocycles. The minimum absolute atomic E-state index is 0.212. The number of aromatic amines is 2. The van der Waals surface area contributed by atoms with Crippen molar-refractivity contribution in [3.05, 3.63) is 90.7 Å². The second-order valence-corrected chi connectivity index (χ2v) is 6.18. The van der Waals surface area contributed by atoms with Crippen LogP contribution in [0.2, 0.25) is 0 Å². The van der Waals surface area contributed by atoms with Gasteiger partial charge in [0.2, 0.25) is 0 Å². The van der Waals surface area contributed by atoms with E-state index in [1.807, 2.05) is 35.3 Å². The summed E-state index contributed by atoms with van der Waals surface area (Å²) in [5.74, 6) is 1.67. The number of nitro groups is 1. The van der Waals surface area contributed by atoms with Gasteiger partial charge in [-0.25, -0.2) is 4.79 Å². The Morgan fingerprint density at radius 1 is 0.968 bits per heavy atom. The molecule has 0 spiro atoms. The number of aromatic nitrogens is 2. The summed E-state index contributed by atoms with van der Waals surface area (Å²) in [6.07, 6.45) is 2.78. The van der Waals surface area contributed by atoms with Gasteiger partial charge in [0.25, 0.3) is 0 Å². The Morgan fingerprint density at radius 3 is 2.42 bits per heavy atom. The quantitative estimate of drug-likeness (QED) is 0.305. The summed E-state index contributed by atoms with van der Waals surface area (Å²) >= 11 is 0. The summed E-state index contributed by atoms with van der Waals surface area (Å²) in [7, 11) is 1.48. The molecule has 0 aliphatic carbocycles. The van der Waals surface area contributed by atoms with Crippen LogP contribution < -0.4 is 25.5 Å².